The summed E-state index contributed by atoms with van der Waals surface area (Å²) in [6.07, 6.45) is -6.29. The zero-order valence-electron chi connectivity index (χ0n) is 15.4. The lowest BCUT2D eigenvalue weighted by molar-refractivity contribution is -0.163. The number of alkyl halides is 3. The topological polar surface area (TPSA) is 107 Å². The smallest absolute Gasteiger partial charge is 0.336 e. The van der Waals surface area contributed by atoms with Crippen molar-refractivity contribution in [3.05, 3.63) is 29.3 Å². The summed E-state index contributed by atoms with van der Waals surface area (Å²) in [7, 11) is -4.13. The SMILES string of the molecule is N#CC1(NC(=O)[C@@H]2C[C@@H](S(=O)(=O)c3ccccc3Cl)CN2C(=O)CC(F)(F)F)CC1. The van der Waals surface area contributed by atoms with Gasteiger partial charge in [-0.1, -0.05) is 23.7 Å². The molecule has 0 spiro atoms. The van der Waals surface area contributed by atoms with Gasteiger partial charge in [0.05, 0.1) is 21.2 Å². The monoisotopic (exact) mass is 463 g/mol. The van der Waals surface area contributed by atoms with E-state index >= 15 is 0 Å². The van der Waals surface area contributed by atoms with Crippen LogP contribution in [0.25, 0.3) is 0 Å². The number of likely N-dealkylation sites (tertiary alicyclic amines) is 1. The van der Waals surface area contributed by atoms with Crippen molar-refractivity contribution in [3.63, 3.8) is 0 Å². The van der Waals surface area contributed by atoms with Crippen molar-refractivity contribution in [1.82, 2.24) is 10.2 Å². The molecule has 0 bridgehead atoms. The van der Waals surface area contributed by atoms with Crippen LogP contribution in [0.5, 0.6) is 0 Å². The van der Waals surface area contributed by atoms with Gasteiger partial charge in [0.15, 0.2) is 9.84 Å². The molecule has 30 heavy (non-hydrogen) atoms. The summed E-state index contributed by atoms with van der Waals surface area (Å²) < 4.78 is 64.2. The zero-order chi connectivity index (χ0) is 22.3. The van der Waals surface area contributed by atoms with Crippen molar-refractivity contribution < 1.29 is 31.2 Å². The van der Waals surface area contributed by atoms with Crippen LogP contribution in [0.15, 0.2) is 29.2 Å². The highest BCUT2D eigenvalue weighted by atomic mass is 35.5. The second-order valence-electron chi connectivity index (χ2n) is 7.37. The van der Waals surface area contributed by atoms with Gasteiger partial charge in [-0.2, -0.15) is 18.4 Å². The lowest BCUT2D eigenvalue weighted by Gasteiger charge is -2.25. The summed E-state index contributed by atoms with van der Waals surface area (Å²) in [4.78, 5) is 25.3. The van der Waals surface area contributed by atoms with Crippen LogP contribution in [0.2, 0.25) is 5.02 Å². The molecule has 2 amide bonds. The molecule has 12 heteroatoms. The number of hydrogen-bond donors (Lipinski definition) is 1. The first-order valence-corrected chi connectivity index (χ1v) is 10.9. The van der Waals surface area contributed by atoms with Gasteiger partial charge in [-0.3, -0.25) is 9.59 Å². The Hall–Kier alpha value is -2.32. The summed E-state index contributed by atoms with van der Waals surface area (Å²) in [6.45, 7) is -0.583. The molecule has 1 aliphatic heterocycles. The van der Waals surface area contributed by atoms with Crippen molar-refractivity contribution in [2.75, 3.05) is 6.54 Å². The minimum Gasteiger partial charge on any atom is -0.336 e. The fourth-order valence-electron chi connectivity index (χ4n) is 3.38. The molecule has 0 radical (unpaired) electrons. The first kappa shape index (κ1) is 22.4. The summed E-state index contributed by atoms with van der Waals surface area (Å²) in [5, 5.41) is 10.2. The van der Waals surface area contributed by atoms with Gasteiger partial charge >= 0.3 is 6.18 Å². The fourth-order valence-corrected chi connectivity index (χ4v) is 5.60. The maximum absolute atomic E-state index is 13.0. The molecule has 2 aliphatic rings. The molecular formula is C18H17ClF3N3O4S. The highest BCUT2D eigenvalue weighted by Crippen LogP contribution is 2.37. The van der Waals surface area contributed by atoms with Crippen LogP contribution in [0.3, 0.4) is 0 Å². The molecular weight excluding hydrogens is 447 g/mol. The van der Waals surface area contributed by atoms with Crippen LogP contribution in [0.1, 0.15) is 25.7 Å². The summed E-state index contributed by atoms with van der Waals surface area (Å²) in [6, 6.07) is 6.03. The molecule has 1 aromatic carbocycles. The van der Waals surface area contributed by atoms with Crippen LogP contribution < -0.4 is 5.32 Å². The van der Waals surface area contributed by atoms with Crippen LogP contribution in [0.4, 0.5) is 13.2 Å². The number of nitriles is 1. The average Bonchev–Trinajstić information content (AvgIpc) is 3.25. The van der Waals surface area contributed by atoms with E-state index in [9.17, 15) is 31.2 Å². The van der Waals surface area contributed by atoms with E-state index in [1.54, 1.807) is 0 Å². The molecule has 1 aliphatic carbocycles. The standard InChI is InChI=1S/C18H17ClF3N3O4S/c19-12-3-1-2-4-14(12)30(28,29)11-7-13(16(27)24-17(10-23)5-6-17)25(9-11)15(26)8-18(20,21)22/h1-4,11,13H,5-9H2,(H,24,27)/t11-,13+/m1/s1. The molecule has 1 saturated heterocycles. The third kappa shape index (κ3) is 4.54. The number of benzene rings is 1. The second kappa shape index (κ2) is 7.74. The molecule has 3 rings (SSSR count). The number of halogens is 4. The van der Waals surface area contributed by atoms with Gasteiger partial charge in [-0.05, 0) is 31.4 Å². The van der Waals surface area contributed by atoms with E-state index in [0.717, 1.165) is 0 Å². The van der Waals surface area contributed by atoms with Crippen molar-refractivity contribution in [2.45, 2.75) is 53.6 Å². The fraction of sp³-hybridized carbons (Fsp3) is 0.500. The van der Waals surface area contributed by atoms with E-state index < -0.39 is 64.0 Å². The van der Waals surface area contributed by atoms with Gasteiger partial charge in [-0.25, -0.2) is 8.42 Å². The van der Waals surface area contributed by atoms with E-state index in [2.05, 4.69) is 5.32 Å². The maximum atomic E-state index is 13.0. The van der Waals surface area contributed by atoms with Gasteiger partial charge in [0.2, 0.25) is 11.8 Å². The van der Waals surface area contributed by atoms with Crippen molar-refractivity contribution in [3.8, 4) is 6.07 Å². The molecule has 1 saturated carbocycles. The van der Waals surface area contributed by atoms with Gasteiger partial charge in [0.25, 0.3) is 0 Å². The molecule has 0 aromatic heterocycles. The predicted molar refractivity (Wildman–Crippen MR) is 98.9 cm³/mol. The number of sulfone groups is 1. The molecule has 1 heterocycles. The van der Waals surface area contributed by atoms with E-state index in [1.165, 1.54) is 24.3 Å². The Kier molecular flexibility index (Phi) is 5.77. The van der Waals surface area contributed by atoms with E-state index in [-0.39, 0.29) is 9.92 Å². The van der Waals surface area contributed by atoms with E-state index in [1.807, 2.05) is 6.07 Å². The zero-order valence-corrected chi connectivity index (χ0v) is 17.0. The summed E-state index contributed by atoms with van der Waals surface area (Å²) in [5.41, 5.74) is -1.12. The molecule has 0 unspecified atom stereocenters. The summed E-state index contributed by atoms with van der Waals surface area (Å²) >= 11 is 5.96. The highest BCUT2D eigenvalue weighted by molar-refractivity contribution is 7.92. The lowest BCUT2D eigenvalue weighted by Crippen LogP contribution is -2.50. The Morgan fingerprint density at radius 3 is 2.47 bits per heavy atom. The van der Waals surface area contributed by atoms with Crippen LogP contribution >= 0.6 is 11.6 Å². The Labute approximate surface area is 175 Å². The van der Waals surface area contributed by atoms with Gasteiger partial charge < -0.3 is 10.2 Å². The average molecular weight is 464 g/mol. The van der Waals surface area contributed by atoms with Gasteiger partial charge in [-0.15, -0.1) is 0 Å². The number of carbonyl (C=O) groups is 2. The third-order valence-electron chi connectivity index (χ3n) is 5.15. The van der Waals surface area contributed by atoms with E-state index in [0.29, 0.717) is 17.7 Å². The molecule has 2 fully saturated rings. The molecule has 7 nitrogen and oxygen atoms in total. The van der Waals surface area contributed by atoms with Crippen LogP contribution in [0, 0.1) is 11.3 Å². The maximum Gasteiger partial charge on any atom is 0.397 e. The largest absolute Gasteiger partial charge is 0.397 e. The van der Waals surface area contributed by atoms with Crippen molar-refractivity contribution in [2.24, 2.45) is 0 Å². The normalized spacial score (nSPS) is 23.0. The molecule has 162 valence electrons. The van der Waals surface area contributed by atoms with Crippen LogP contribution in [-0.2, 0) is 19.4 Å². The lowest BCUT2D eigenvalue weighted by atomic mass is 10.1. The number of carbonyl (C=O) groups excluding carboxylic acids is 2. The van der Waals surface area contributed by atoms with E-state index in [4.69, 9.17) is 16.9 Å². The molecule has 1 aromatic rings. The van der Waals surface area contributed by atoms with Gasteiger partial charge in [0.1, 0.15) is 18.0 Å². The third-order valence-corrected chi connectivity index (χ3v) is 7.78. The summed E-state index contributed by atoms with van der Waals surface area (Å²) in [5.74, 6) is -2.25. The Morgan fingerprint density at radius 2 is 1.93 bits per heavy atom. The number of hydrogen-bond acceptors (Lipinski definition) is 5. The number of nitrogens with zero attached hydrogens (tertiary/aromatic N) is 2. The number of nitrogens with one attached hydrogen (secondary N) is 1. The Morgan fingerprint density at radius 1 is 1.30 bits per heavy atom. The second-order valence-corrected chi connectivity index (χ2v) is 9.97. The number of amides is 2. The minimum absolute atomic E-state index is 0.0695. The first-order valence-electron chi connectivity index (χ1n) is 8.96. The van der Waals surface area contributed by atoms with Crippen LogP contribution in [-0.4, -0.2) is 54.7 Å². The highest BCUT2D eigenvalue weighted by Gasteiger charge is 2.51. The molecule has 2 atom stereocenters. The first-order chi connectivity index (χ1) is 13.9. The van der Waals surface area contributed by atoms with Gasteiger partial charge in [0, 0.05) is 6.54 Å². The molecule has 1 N–H and O–H groups in total. The Bertz CT molecular complexity index is 1020. The number of rotatable bonds is 5. The Balaban J connectivity index is 1.89. The minimum atomic E-state index is -4.82. The van der Waals surface area contributed by atoms with Crippen molar-refractivity contribution >= 4 is 33.3 Å². The quantitative estimate of drug-likeness (QED) is 0.720. The predicted octanol–water partition coefficient (Wildman–Crippen LogP) is 2.21. The van der Waals surface area contributed by atoms with Crippen molar-refractivity contribution in [1.29, 1.82) is 5.26 Å².